The summed E-state index contributed by atoms with van der Waals surface area (Å²) < 4.78 is 10.3. The van der Waals surface area contributed by atoms with Crippen molar-refractivity contribution in [2.45, 2.75) is 32.2 Å². The number of methoxy groups -OCH3 is 2. The molecule has 0 N–H and O–H groups in total. The lowest BCUT2D eigenvalue weighted by Crippen LogP contribution is -2.50. The van der Waals surface area contributed by atoms with Crippen molar-refractivity contribution in [2.75, 3.05) is 27.3 Å². The van der Waals surface area contributed by atoms with E-state index < -0.39 is 0 Å². The highest BCUT2D eigenvalue weighted by Crippen LogP contribution is 2.38. The lowest BCUT2D eigenvalue weighted by molar-refractivity contribution is -0.147. The SMILES string of the molecule is COC(=O)C1CCCC(C2CN(Cc3ccc4cc(OC)ccc4c3)C2)C1. The molecule has 0 bridgehead atoms. The molecule has 27 heavy (non-hydrogen) atoms. The zero-order valence-corrected chi connectivity index (χ0v) is 16.3. The van der Waals surface area contributed by atoms with Gasteiger partial charge in [0.15, 0.2) is 0 Å². The Morgan fingerprint density at radius 3 is 2.59 bits per heavy atom. The van der Waals surface area contributed by atoms with Crippen molar-refractivity contribution in [1.82, 2.24) is 4.90 Å². The first-order valence-corrected chi connectivity index (χ1v) is 10.0. The molecule has 4 nitrogen and oxygen atoms in total. The highest BCUT2D eigenvalue weighted by atomic mass is 16.5. The van der Waals surface area contributed by atoms with Gasteiger partial charge in [-0.25, -0.2) is 0 Å². The van der Waals surface area contributed by atoms with Gasteiger partial charge in [-0.3, -0.25) is 9.69 Å². The molecule has 2 unspecified atom stereocenters. The summed E-state index contributed by atoms with van der Waals surface area (Å²) in [5.41, 5.74) is 1.36. The van der Waals surface area contributed by atoms with Crippen LogP contribution in [0.4, 0.5) is 0 Å². The van der Waals surface area contributed by atoms with Crippen molar-refractivity contribution in [3.8, 4) is 5.75 Å². The Kier molecular flexibility index (Phi) is 5.35. The Labute approximate surface area is 161 Å². The van der Waals surface area contributed by atoms with E-state index in [1.165, 1.54) is 29.9 Å². The molecule has 2 atom stereocenters. The van der Waals surface area contributed by atoms with E-state index in [0.717, 1.165) is 50.6 Å². The summed E-state index contributed by atoms with van der Waals surface area (Å²) in [5.74, 6) is 2.44. The number of hydrogen-bond donors (Lipinski definition) is 0. The van der Waals surface area contributed by atoms with E-state index in [0.29, 0.717) is 5.92 Å². The largest absolute Gasteiger partial charge is 0.497 e. The molecule has 1 heterocycles. The molecule has 144 valence electrons. The maximum absolute atomic E-state index is 11.9. The standard InChI is InChI=1S/C23H29NO3/c1-26-22-9-8-18-10-16(6-7-19(18)12-22)13-24-14-21(15-24)17-4-3-5-20(11-17)23(25)27-2/h6-10,12,17,20-21H,3-5,11,13-15H2,1-2H3. The Bertz CT molecular complexity index is 812. The predicted molar refractivity (Wildman–Crippen MR) is 107 cm³/mol. The van der Waals surface area contributed by atoms with Gasteiger partial charge in [0.05, 0.1) is 20.1 Å². The highest BCUT2D eigenvalue weighted by Gasteiger charge is 2.37. The van der Waals surface area contributed by atoms with Gasteiger partial charge in [-0.2, -0.15) is 0 Å². The smallest absolute Gasteiger partial charge is 0.308 e. The fourth-order valence-corrected chi connectivity index (χ4v) is 4.83. The summed E-state index contributed by atoms with van der Waals surface area (Å²) in [4.78, 5) is 14.4. The molecule has 1 aliphatic heterocycles. The summed E-state index contributed by atoms with van der Waals surface area (Å²) in [6.07, 6.45) is 4.45. The second-order valence-corrected chi connectivity index (χ2v) is 8.15. The first kappa shape index (κ1) is 18.3. The van der Waals surface area contributed by atoms with Gasteiger partial charge in [0.1, 0.15) is 5.75 Å². The molecule has 0 amide bonds. The molecule has 2 aromatic rings. The van der Waals surface area contributed by atoms with E-state index in [9.17, 15) is 4.79 Å². The third-order valence-corrected chi connectivity index (χ3v) is 6.42. The number of hydrogen-bond acceptors (Lipinski definition) is 4. The quantitative estimate of drug-likeness (QED) is 0.740. The molecule has 2 aliphatic rings. The summed E-state index contributed by atoms with van der Waals surface area (Å²) in [6, 6.07) is 12.9. The monoisotopic (exact) mass is 367 g/mol. The first-order chi connectivity index (χ1) is 13.2. The van der Waals surface area contributed by atoms with Crippen LogP contribution in [0.25, 0.3) is 10.8 Å². The van der Waals surface area contributed by atoms with Crippen LogP contribution in [0.3, 0.4) is 0 Å². The molecule has 4 rings (SSSR count). The Morgan fingerprint density at radius 1 is 1.04 bits per heavy atom. The number of fused-ring (bicyclic) bond motifs is 1. The van der Waals surface area contributed by atoms with E-state index in [1.54, 1.807) is 7.11 Å². The van der Waals surface area contributed by atoms with E-state index >= 15 is 0 Å². The summed E-state index contributed by atoms with van der Waals surface area (Å²) >= 11 is 0. The van der Waals surface area contributed by atoms with Crippen molar-refractivity contribution in [2.24, 2.45) is 17.8 Å². The van der Waals surface area contributed by atoms with Gasteiger partial charge in [-0.15, -0.1) is 0 Å². The topological polar surface area (TPSA) is 38.8 Å². The zero-order chi connectivity index (χ0) is 18.8. The second-order valence-electron chi connectivity index (χ2n) is 8.15. The van der Waals surface area contributed by atoms with Gasteiger partial charge >= 0.3 is 5.97 Å². The van der Waals surface area contributed by atoms with Gasteiger partial charge in [-0.05, 0) is 59.2 Å². The normalized spacial score (nSPS) is 23.8. The lowest BCUT2D eigenvalue weighted by Gasteiger charge is -2.45. The summed E-state index contributed by atoms with van der Waals surface area (Å²) in [6.45, 7) is 3.31. The van der Waals surface area contributed by atoms with Crippen LogP contribution in [0.2, 0.25) is 0 Å². The number of carbonyl (C=O) groups excluding carboxylic acids is 1. The van der Waals surface area contributed by atoms with Crippen LogP contribution >= 0.6 is 0 Å². The number of ether oxygens (including phenoxy) is 2. The first-order valence-electron chi connectivity index (χ1n) is 10.0. The van der Waals surface area contributed by atoms with Crippen LogP contribution in [-0.4, -0.2) is 38.2 Å². The van der Waals surface area contributed by atoms with Crippen LogP contribution in [0.15, 0.2) is 36.4 Å². The molecule has 2 aromatic carbocycles. The summed E-state index contributed by atoms with van der Waals surface area (Å²) in [7, 11) is 3.21. The average molecular weight is 367 g/mol. The molecule has 0 spiro atoms. The number of nitrogens with zero attached hydrogens (tertiary/aromatic N) is 1. The van der Waals surface area contributed by atoms with Gasteiger partial charge in [0, 0.05) is 19.6 Å². The number of esters is 1. The van der Waals surface area contributed by atoms with Crippen LogP contribution in [0, 0.1) is 17.8 Å². The van der Waals surface area contributed by atoms with E-state index in [-0.39, 0.29) is 11.9 Å². The molecule has 1 saturated heterocycles. The Hall–Kier alpha value is -2.07. The van der Waals surface area contributed by atoms with Crippen molar-refractivity contribution in [3.05, 3.63) is 42.0 Å². The third kappa shape index (κ3) is 3.96. The van der Waals surface area contributed by atoms with Gasteiger partial charge in [0.2, 0.25) is 0 Å². The number of rotatable bonds is 5. The molecular weight excluding hydrogens is 338 g/mol. The van der Waals surface area contributed by atoms with Crippen molar-refractivity contribution < 1.29 is 14.3 Å². The maximum atomic E-state index is 11.9. The molecule has 1 aliphatic carbocycles. The van der Waals surface area contributed by atoms with E-state index in [4.69, 9.17) is 9.47 Å². The fourth-order valence-electron chi connectivity index (χ4n) is 4.83. The molecule has 0 aromatic heterocycles. The van der Waals surface area contributed by atoms with Crippen LogP contribution in [0.1, 0.15) is 31.2 Å². The van der Waals surface area contributed by atoms with Crippen molar-refractivity contribution >= 4 is 16.7 Å². The minimum atomic E-state index is -0.0105. The molecule has 0 radical (unpaired) electrons. The van der Waals surface area contributed by atoms with Crippen LogP contribution < -0.4 is 4.74 Å². The Balaban J connectivity index is 1.32. The molecule has 2 fully saturated rings. The highest BCUT2D eigenvalue weighted by molar-refractivity contribution is 5.84. The Morgan fingerprint density at radius 2 is 1.81 bits per heavy atom. The number of carbonyl (C=O) groups is 1. The van der Waals surface area contributed by atoms with Crippen molar-refractivity contribution in [3.63, 3.8) is 0 Å². The van der Waals surface area contributed by atoms with Gasteiger partial charge in [0.25, 0.3) is 0 Å². The molecular formula is C23H29NO3. The van der Waals surface area contributed by atoms with Crippen LogP contribution in [0.5, 0.6) is 5.75 Å². The van der Waals surface area contributed by atoms with Gasteiger partial charge < -0.3 is 9.47 Å². The minimum absolute atomic E-state index is 0.0105. The fraction of sp³-hybridized carbons (Fsp3) is 0.522. The third-order valence-electron chi connectivity index (χ3n) is 6.42. The van der Waals surface area contributed by atoms with E-state index in [2.05, 4.69) is 35.2 Å². The zero-order valence-electron chi connectivity index (χ0n) is 16.3. The van der Waals surface area contributed by atoms with Crippen molar-refractivity contribution in [1.29, 1.82) is 0 Å². The summed E-state index contributed by atoms with van der Waals surface area (Å²) in [5, 5.41) is 2.48. The molecule has 1 saturated carbocycles. The lowest BCUT2D eigenvalue weighted by atomic mass is 9.72. The second kappa shape index (κ2) is 7.89. The predicted octanol–water partition coefficient (Wildman–Crippen LogP) is 4.26. The minimum Gasteiger partial charge on any atom is -0.497 e. The van der Waals surface area contributed by atoms with Gasteiger partial charge in [-0.1, -0.05) is 31.0 Å². The maximum Gasteiger partial charge on any atom is 0.308 e. The van der Waals surface area contributed by atoms with E-state index in [1.807, 2.05) is 6.07 Å². The number of benzene rings is 2. The number of likely N-dealkylation sites (tertiary alicyclic amines) is 1. The molecule has 4 heteroatoms. The van der Waals surface area contributed by atoms with Crippen LogP contribution in [-0.2, 0) is 16.1 Å². The average Bonchev–Trinajstić information content (AvgIpc) is 2.69.